The van der Waals surface area contributed by atoms with E-state index in [1.54, 1.807) is 5.01 Å². The normalized spacial score (nSPS) is 8.11. The van der Waals surface area contributed by atoms with Crippen molar-refractivity contribution < 1.29 is 9.90 Å². The zero-order valence-corrected chi connectivity index (χ0v) is 5.88. The van der Waals surface area contributed by atoms with Crippen LogP contribution in [0.25, 0.3) is 0 Å². The number of hydrogen-bond donors (Lipinski definition) is 3. The maximum absolute atomic E-state index is 9.00. The lowest BCUT2D eigenvalue weighted by molar-refractivity contribution is -0.134. The summed E-state index contributed by atoms with van der Waals surface area (Å²) in [5, 5.41) is 9.07. The van der Waals surface area contributed by atoms with Crippen molar-refractivity contribution in [2.24, 2.45) is 5.84 Å². The number of carbonyl (C=O) groups is 1. The van der Waals surface area contributed by atoms with Crippen molar-refractivity contribution in [3.63, 3.8) is 0 Å². The van der Waals surface area contributed by atoms with Gasteiger partial charge in [0.15, 0.2) is 0 Å². The topological polar surface area (TPSA) is 78.6 Å². The van der Waals surface area contributed by atoms with Crippen molar-refractivity contribution in [2.45, 2.75) is 6.92 Å². The molecule has 0 heterocycles. The lowest BCUT2D eigenvalue weighted by Crippen LogP contribution is -2.36. The molecule has 5 heteroatoms. The Kier molecular flexibility index (Phi) is 9.14. The Balaban J connectivity index is 0. The Morgan fingerprint density at radius 1 is 1.67 bits per heavy atom. The molecule has 4 N–H and O–H groups in total. The van der Waals surface area contributed by atoms with E-state index in [1.165, 1.54) is 0 Å². The van der Waals surface area contributed by atoms with Gasteiger partial charge in [0.25, 0.3) is 5.97 Å². The summed E-state index contributed by atoms with van der Waals surface area (Å²) < 4.78 is 0. The average molecular weight is 135 g/mol. The molecular weight excluding hydrogens is 122 g/mol. The van der Waals surface area contributed by atoms with Gasteiger partial charge in [-0.05, 0) is 0 Å². The fourth-order valence-corrected chi connectivity index (χ4v) is 0. The molecule has 0 bridgehead atoms. The minimum absolute atomic E-state index is 0.833. The lowest BCUT2D eigenvalue weighted by atomic mass is 10.9. The quantitative estimate of drug-likeness (QED) is 0.318. The van der Waals surface area contributed by atoms with E-state index in [0.717, 1.165) is 6.92 Å². The van der Waals surface area contributed by atoms with Crippen LogP contribution in [0.1, 0.15) is 6.92 Å². The van der Waals surface area contributed by atoms with Crippen LogP contribution < -0.4 is 11.4 Å². The van der Waals surface area contributed by atoms with Crippen molar-refractivity contribution in [3.8, 4) is 0 Å². The highest BCUT2D eigenvalue weighted by atomic mass is 16.4. The molecule has 0 aliphatic heterocycles. The fraction of sp³-hybridized carbons (Fsp3) is 0.750. The molecule has 0 aromatic carbocycles. The second kappa shape index (κ2) is 7.35. The third-order valence-electron chi connectivity index (χ3n) is 0.258. The molecule has 9 heavy (non-hydrogen) atoms. The van der Waals surface area contributed by atoms with E-state index in [-0.39, 0.29) is 0 Å². The van der Waals surface area contributed by atoms with Crippen LogP contribution >= 0.6 is 0 Å². The maximum Gasteiger partial charge on any atom is 0.300 e. The standard InChI is InChI=1S/C2H9N3.C2H4O2/c1-5(2)4-3;1-2(3)4/h4H,3H2,1-2H3;1H3,(H,3,4). The Labute approximate surface area is 54.4 Å². The third kappa shape index (κ3) is 115. The maximum atomic E-state index is 9.00. The molecule has 0 radical (unpaired) electrons. The number of carboxylic acid groups (broad SMARTS) is 1. The van der Waals surface area contributed by atoms with Crippen LogP contribution in [0.2, 0.25) is 0 Å². The van der Waals surface area contributed by atoms with Gasteiger partial charge in [-0.1, -0.05) is 0 Å². The number of hydrazine groups is 2. The third-order valence-corrected chi connectivity index (χ3v) is 0.258. The van der Waals surface area contributed by atoms with E-state index in [9.17, 15) is 0 Å². The first-order chi connectivity index (χ1) is 4.00. The number of carboxylic acids is 1. The molecule has 56 valence electrons. The number of nitrogens with zero attached hydrogens (tertiary/aromatic N) is 1. The summed E-state index contributed by atoms with van der Waals surface area (Å²) in [5.74, 6) is 4.01. The SMILES string of the molecule is CC(=O)O.CN(C)NN. The van der Waals surface area contributed by atoms with E-state index < -0.39 is 5.97 Å². The molecule has 0 aliphatic rings. The zero-order chi connectivity index (χ0) is 7.86. The molecule has 0 aromatic rings. The molecule has 0 amide bonds. The van der Waals surface area contributed by atoms with E-state index in [4.69, 9.17) is 15.7 Å². The monoisotopic (exact) mass is 135 g/mol. The smallest absolute Gasteiger partial charge is 0.300 e. The summed E-state index contributed by atoms with van der Waals surface area (Å²) in [6, 6.07) is 0. The Bertz CT molecular complexity index is 70.2. The number of aliphatic carboxylic acids is 1. The second-order valence-corrected chi connectivity index (χ2v) is 1.54. The summed E-state index contributed by atoms with van der Waals surface area (Å²) in [7, 11) is 3.64. The number of rotatable bonds is 1. The van der Waals surface area contributed by atoms with E-state index in [2.05, 4.69) is 5.53 Å². The van der Waals surface area contributed by atoms with Crippen molar-refractivity contribution in [2.75, 3.05) is 14.1 Å². The molecule has 0 saturated heterocycles. The molecule has 0 aromatic heterocycles. The molecule has 0 fully saturated rings. The molecule has 0 rings (SSSR count). The van der Waals surface area contributed by atoms with Gasteiger partial charge in [0, 0.05) is 21.0 Å². The highest BCUT2D eigenvalue weighted by Gasteiger charge is 1.69. The van der Waals surface area contributed by atoms with Crippen LogP contribution in [0.3, 0.4) is 0 Å². The summed E-state index contributed by atoms with van der Waals surface area (Å²) in [6.07, 6.45) is 0. The van der Waals surface area contributed by atoms with Crippen molar-refractivity contribution in [3.05, 3.63) is 0 Å². The fourth-order valence-electron chi connectivity index (χ4n) is 0. The van der Waals surface area contributed by atoms with Crippen LogP contribution in [0, 0.1) is 0 Å². The molecule has 0 unspecified atom stereocenters. The zero-order valence-electron chi connectivity index (χ0n) is 5.88. The van der Waals surface area contributed by atoms with Gasteiger partial charge in [0.1, 0.15) is 0 Å². The van der Waals surface area contributed by atoms with Crippen molar-refractivity contribution >= 4 is 5.97 Å². The Morgan fingerprint density at radius 3 is 1.78 bits per heavy atom. The van der Waals surface area contributed by atoms with Gasteiger partial charge in [-0.15, -0.1) is 0 Å². The van der Waals surface area contributed by atoms with Gasteiger partial charge < -0.3 is 5.11 Å². The molecular formula is C4H13N3O2. The molecule has 0 atom stereocenters. The van der Waals surface area contributed by atoms with Crippen LogP contribution in [-0.4, -0.2) is 30.2 Å². The predicted molar refractivity (Wildman–Crippen MR) is 34.3 cm³/mol. The predicted octanol–water partition coefficient (Wildman–Crippen LogP) is -0.983. The van der Waals surface area contributed by atoms with Gasteiger partial charge in [-0.3, -0.25) is 10.6 Å². The second-order valence-electron chi connectivity index (χ2n) is 1.54. The molecule has 0 aliphatic carbocycles. The summed E-state index contributed by atoms with van der Waals surface area (Å²) in [6.45, 7) is 1.08. The van der Waals surface area contributed by atoms with Crippen LogP contribution in [0.4, 0.5) is 0 Å². The van der Waals surface area contributed by atoms with E-state index in [1.807, 2.05) is 14.1 Å². The Morgan fingerprint density at radius 2 is 1.78 bits per heavy atom. The first-order valence-corrected chi connectivity index (χ1v) is 2.33. The largest absolute Gasteiger partial charge is 0.481 e. The van der Waals surface area contributed by atoms with Crippen molar-refractivity contribution in [1.29, 1.82) is 0 Å². The van der Waals surface area contributed by atoms with E-state index in [0.29, 0.717) is 0 Å². The van der Waals surface area contributed by atoms with Crippen LogP contribution in [0.15, 0.2) is 0 Å². The number of nitrogens with two attached hydrogens (primary N) is 1. The summed E-state index contributed by atoms with van der Waals surface area (Å²) >= 11 is 0. The number of nitrogens with one attached hydrogen (secondary N) is 1. The van der Waals surface area contributed by atoms with Crippen molar-refractivity contribution in [1.82, 2.24) is 10.5 Å². The lowest BCUT2D eigenvalue weighted by Gasteiger charge is -2.02. The van der Waals surface area contributed by atoms with Gasteiger partial charge >= 0.3 is 0 Å². The highest BCUT2D eigenvalue weighted by molar-refractivity contribution is 5.62. The van der Waals surface area contributed by atoms with E-state index >= 15 is 0 Å². The summed E-state index contributed by atoms with van der Waals surface area (Å²) in [4.78, 5) is 9.00. The summed E-state index contributed by atoms with van der Waals surface area (Å²) in [5.41, 5.74) is 2.36. The van der Waals surface area contributed by atoms with Gasteiger partial charge in [0.05, 0.1) is 0 Å². The van der Waals surface area contributed by atoms with Gasteiger partial charge in [-0.25, -0.2) is 5.01 Å². The minimum Gasteiger partial charge on any atom is -0.481 e. The molecule has 0 spiro atoms. The molecule has 0 saturated carbocycles. The van der Waals surface area contributed by atoms with Gasteiger partial charge in [-0.2, -0.15) is 5.53 Å². The average Bonchev–Trinajstić information content (AvgIpc) is 1.65. The van der Waals surface area contributed by atoms with Gasteiger partial charge in [0.2, 0.25) is 0 Å². The first-order valence-electron chi connectivity index (χ1n) is 2.33. The Hall–Kier alpha value is -0.650. The first kappa shape index (κ1) is 11.2. The molecule has 5 nitrogen and oxygen atoms in total. The highest BCUT2D eigenvalue weighted by Crippen LogP contribution is 1.46. The minimum atomic E-state index is -0.833. The number of hydrogen-bond acceptors (Lipinski definition) is 4. The van der Waals surface area contributed by atoms with Crippen LogP contribution in [-0.2, 0) is 4.79 Å². The van der Waals surface area contributed by atoms with Crippen LogP contribution in [0.5, 0.6) is 0 Å².